The van der Waals surface area contributed by atoms with E-state index in [0.717, 1.165) is 43.7 Å². The van der Waals surface area contributed by atoms with Crippen LogP contribution in [-0.4, -0.2) is 81.6 Å². The first-order chi connectivity index (χ1) is 15.1. The van der Waals surface area contributed by atoms with Crippen LogP contribution in [-0.2, 0) is 16.0 Å². The Hall–Kier alpha value is -2.67. The van der Waals surface area contributed by atoms with Crippen LogP contribution in [0.5, 0.6) is 0 Å². The van der Waals surface area contributed by atoms with Crippen LogP contribution >= 0.6 is 0 Å². The van der Waals surface area contributed by atoms with Gasteiger partial charge in [-0.2, -0.15) is 5.10 Å². The molecule has 2 aromatic rings. The number of piperidine rings is 1. The molecular formula is C24H33N5O2. The monoisotopic (exact) mass is 423 g/mol. The van der Waals surface area contributed by atoms with Crippen molar-refractivity contribution in [2.75, 3.05) is 39.3 Å². The summed E-state index contributed by atoms with van der Waals surface area (Å²) in [7, 11) is 0. The average Bonchev–Trinajstić information content (AvgIpc) is 3.28. The van der Waals surface area contributed by atoms with Gasteiger partial charge in [0.25, 0.3) is 0 Å². The first-order valence-corrected chi connectivity index (χ1v) is 11.5. The van der Waals surface area contributed by atoms with Gasteiger partial charge in [-0.05, 0) is 50.3 Å². The molecule has 2 amide bonds. The minimum Gasteiger partial charge on any atom is -0.340 e. The second kappa shape index (κ2) is 10.1. The van der Waals surface area contributed by atoms with Crippen LogP contribution in [0.4, 0.5) is 0 Å². The van der Waals surface area contributed by atoms with Gasteiger partial charge >= 0.3 is 0 Å². The van der Waals surface area contributed by atoms with Crippen LogP contribution in [0.25, 0.3) is 5.69 Å². The van der Waals surface area contributed by atoms with Crippen molar-refractivity contribution in [1.82, 2.24) is 24.5 Å². The van der Waals surface area contributed by atoms with Crippen molar-refractivity contribution >= 4 is 11.8 Å². The van der Waals surface area contributed by atoms with Crippen molar-refractivity contribution in [2.45, 2.75) is 45.1 Å². The number of amides is 2. The molecule has 4 rings (SSSR count). The molecule has 0 N–H and O–H groups in total. The van der Waals surface area contributed by atoms with Crippen molar-refractivity contribution in [3.05, 3.63) is 48.3 Å². The molecule has 2 aliphatic rings. The third-order valence-corrected chi connectivity index (χ3v) is 6.49. The lowest BCUT2D eigenvalue weighted by Gasteiger charge is -2.38. The van der Waals surface area contributed by atoms with Gasteiger partial charge in [0.15, 0.2) is 0 Å². The summed E-state index contributed by atoms with van der Waals surface area (Å²) in [6, 6.07) is 10.3. The van der Waals surface area contributed by atoms with E-state index in [1.807, 2.05) is 57.2 Å². The quantitative estimate of drug-likeness (QED) is 0.716. The van der Waals surface area contributed by atoms with E-state index in [2.05, 4.69) is 16.9 Å². The number of carbonyl (C=O) groups is 2. The topological polar surface area (TPSA) is 61.7 Å². The molecule has 2 aliphatic heterocycles. The second-order valence-electron chi connectivity index (χ2n) is 8.72. The van der Waals surface area contributed by atoms with Gasteiger partial charge < -0.3 is 9.80 Å². The Labute approximate surface area is 184 Å². The van der Waals surface area contributed by atoms with Crippen LogP contribution in [0.15, 0.2) is 42.7 Å². The smallest absolute Gasteiger partial charge is 0.236 e. The van der Waals surface area contributed by atoms with Crippen molar-refractivity contribution in [1.29, 1.82) is 0 Å². The molecule has 31 heavy (non-hydrogen) atoms. The van der Waals surface area contributed by atoms with Crippen LogP contribution in [0, 0.1) is 0 Å². The van der Waals surface area contributed by atoms with E-state index < -0.39 is 0 Å². The van der Waals surface area contributed by atoms with Crippen LogP contribution in [0.2, 0.25) is 0 Å². The summed E-state index contributed by atoms with van der Waals surface area (Å²) in [4.78, 5) is 31.5. The highest BCUT2D eigenvalue weighted by atomic mass is 16.2. The number of nitrogens with zero attached hydrogens (tertiary/aromatic N) is 5. The van der Waals surface area contributed by atoms with Crippen molar-refractivity contribution in [3.8, 4) is 5.69 Å². The predicted octanol–water partition coefficient (Wildman–Crippen LogP) is 2.35. The summed E-state index contributed by atoms with van der Waals surface area (Å²) in [5, 5.41) is 4.41. The van der Waals surface area contributed by atoms with Crippen molar-refractivity contribution < 1.29 is 9.59 Å². The normalized spacial score (nSPS) is 20.1. The van der Waals surface area contributed by atoms with E-state index in [9.17, 15) is 9.59 Å². The standard InChI is InChI=1S/C24H33N5O2/c1-20-7-5-6-12-28(20)24(31)19-26-13-15-27(16-14-26)23(30)11-10-21-17-25-29(18-21)22-8-3-2-4-9-22/h2-4,8-9,17-18,20H,5-7,10-16,19H2,1H3. The van der Waals surface area contributed by atoms with Crippen molar-refractivity contribution in [2.24, 2.45) is 0 Å². The van der Waals surface area contributed by atoms with E-state index in [1.54, 1.807) is 0 Å². The maximum absolute atomic E-state index is 12.7. The molecule has 1 unspecified atom stereocenters. The fourth-order valence-electron chi connectivity index (χ4n) is 4.53. The third kappa shape index (κ3) is 5.53. The molecule has 7 heteroatoms. The van der Waals surface area contributed by atoms with Gasteiger partial charge in [0, 0.05) is 51.4 Å². The summed E-state index contributed by atoms with van der Waals surface area (Å²) >= 11 is 0. The van der Waals surface area contributed by atoms with E-state index in [0.29, 0.717) is 38.5 Å². The molecule has 1 atom stereocenters. The Kier molecular flexibility index (Phi) is 7.02. The first kappa shape index (κ1) is 21.6. The first-order valence-electron chi connectivity index (χ1n) is 11.5. The van der Waals surface area contributed by atoms with Crippen LogP contribution < -0.4 is 0 Å². The lowest BCUT2D eigenvalue weighted by atomic mass is 10.0. The summed E-state index contributed by atoms with van der Waals surface area (Å²) < 4.78 is 1.85. The van der Waals surface area contributed by atoms with Gasteiger partial charge in [-0.25, -0.2) is 4.68 Å². The number of benzene rings is 1. The van der Waals surface area contributed by atoms with Gasteiger partial charge in [-0.3, -0.25) is 14.5 Å². The highest BCUT2D eigenvalue weighted by Gasteiger charge is 2.27. The van der Waals surface area contributed by atoms with E-state index in [-0.39, 0.29) is 11.8 Å². The maximum Gasteiger partial charge on any atom is 0.236 e. The molecular weight excluding hydrogens is 390 g/mol. The Morgan fingerprint density at radius 3 is 2.52 bits per heavy atom. The number of rotatable bonds is 6. The SMILES string of the molecule is CC1CCCCN1C(=O)CN1CCN(C(=O)CCc2cnn(-c3ccccc3)c2)CC1. The molecule has 2 saturated heterocycles. The zero-order valence-corrected chi connectivity index (χ0v) is 18.4. The van der Waals surface area contributed by atoms with Gasteiger partial charge in [0.05, 0.1) is 18.4 Å². The van der Waals surface area contributed by atoms with Gasteiger partial charge in [-0.15, -0.1) is 0 Å². The Morgan fingerprint density at radius 2 is 1.77 bits per heavy atom. The van der Waals surface area contributed by atoms with Crippen LogP contribution in [0.1, 0.15) is 38.2 Å². The largest absolute Gasteiger partial charge is 0.340 e. The number of piperazine rings is 1. The fourth-order valence-corrected chi connectivity index (χ4v) is 4.53. The number of carbonyl (C=O) groups excluding carboxylic acids is 2. The number of hydrogen-bond donors (Lipinski definition) is 0. The molecule has 166 valence electrons. The summed E-state index contributed by atoms with van der Waals surface area (Å²) in [5.41, 5.74) is 2.08. The summed E-state index contributed by atoms with van der Waals surface area (Å²) in [6.45, 7) is 6.45. The molecule has 2 fully saturated rings. The predicted molar refractivity (Wildman–Crippen MR) is 120 cm³/mol. The van der Waals surface area contributed by atoms with Gasteiger partial charge in [0.1, 0.15) is 0 Å². The van der Waals surface area contributed by atoms with E-state index >= 15 is 0 Å². The minimum absolute atomic E-state index is 0.183. The zero-order valence-electron chi connectivity index (χ0n) is 18.4. The Morgan fingerprint density at radius 1 is 1.00 bits per heavy atom. The summed E-state index contributed by atoms with van der Waals surface area (Å²) in [6.07, 6.45) is 8.46. The van der Waals surface area contributed by atoms with Gasteiger partial charge in [0.2, 0.25) is 11.8 Å². The number of para-hydroxylation sites is 1. The molecule has 1 aromatic carbocycles. The number of likely N-dealkylation sites (tertiary alicyclic amines) is 1. The Bertz CT molecular complexity index is 873. The lowest BCUT2D eigenvalue weighted by molar-refractivity contribution is -0.137. The maximum atomic E-state index is 12.7. The molecule has 0 bridgehead atoms. The molecule has 1 aromatic heterocycles. The lowest BCUT2D eigenvalue weighted by Crippen LogP contribution is -2.53. The fraction of sp³-hybridized carbons (Fsp3) is 0.542. The summed E-state index contributed by atoms with van der Waals surface area (Å²) in [5.74, 6) is 0.422. The average molecular weight is 424 g/mol. The second-order valence-corrected chi connectivity index (χ2v) is 8.72. The van der Waals surface area contributed by atoms with Crippen molar-refractivity contribution in [3.63, 3.8) is 0 Å². The Balaban J connectivity index is 1.20. The molecule has 3 heterocycles. The van der Waals surface area contributed by atoms with Crippen LogP contribution in [0.3, 0.4) is 0 Å². The third-order valence-electron chi connectivity index (χ3n) is 6.49. The van der Waals surface area contributed by atoms with E-state index in [4.69, 9.17) is 0 Å². The molecule has 0 aliphatic carbocycles. The van der Waals surface area contributed by atoms with E-state index in [1.165, 1.54) is 6.42 Å². The highest BCUT2D eigenvalue weighted by molar-refractivity contribution is 5.79. The number of aryl methyl sites for hydroxylation is 1. The minimum atomic E-state index is 0.183. The number of hydrogen-bond acceptors (Lipinski definition) is 4. The molecule has 7 nitrogen and oxygen atoms in total. The van der Waals surface area contributed by atoms with Gasteiger partial charge in [-0.1, -0.05) is 18.2 Å². The zero-order chi connectivity index (χ0) is 21.6. The molecule has 0 saturated carbocycles. The molecule has 0 spiro atoms. The number of aromatic nitrogens is 2. The highest BCUT2D eigenvalue weighted by Crippen LogP contribution is 2.17. The molecule has 0 radical (unpaired) electrons.